The van der Waals surface area contributed by atoms with E-state index in [1.807, 2.05) is 6.56 Å². The summed E-state index contributed by atoms with van der Waals surface area (Å²) in [6.07, 6.45) is 14.4. The quantitative estimate of drug-likeness (QED) is 0.644. The summed E-state index contributed by atoms with van der Waals surface area (Å²) in [5.41, 5.74) is 3.31. The third-order valence-electron chi connectivity index (χ3n) is 4.33. The summed E-state index contributed by atoms with van der Waals surface area (Å²) < 4.78 is 8.94. The minimum atomic E-state index is -2.20. The molecule has 0 amide bonds. The maximum absolute atomic E-state index is 2.62. The zero-order valence-electron chi connectivity index (χ0n) is 11.6. The van der Waals surface area contributed by atoms with Crippen LogP contribution in [0.25, 0.3) is 0 Å². The van der Waals surface area contributed by atoms with Gasteiger partial charge in [-0.3, -0.25) is 0 Å². The monoisotopic (exact) mass is 306 g/mol. The minimum absolute atomic E-state index is 1.22. The van der Waals surface area contributed by atoms with Gasteiger partial charge >= 0.3 is 111 Å². The summed E-state index contributed by atoms with van der Waals surface area (Å²) in [6.45, 7) is 4.60. The molecule has 0 aliphatic heterocycles. The standard InChI is InChI=1S/2C7H9.2CH3.Zr/c2*1-2-7-5-3-4-6-7;;;/h2*3,5H,2,4H2,1H3;2*1H3;. The first-order valence-corrected chi connectivity index (χ1v) is 14.3. The van der Waals surface area contributed by atoms with Crippen molar-refractivity contribution in [3.05, 3.63) is 42.0 Å². The van der Waals surface area contributed by atoms with Crippen molar-refractivity contribution in [1.29, 1.82) is 0 Å². The van der Waals surface area contributed by atoms with Crippen molar-refractivity contribution in [3.8, 4) is 0 Å². The maximum atomic E-state index is 2.62. The van der Waals surface area contributed by atoms with Gasteiger partial charge in [0.15, 0.2) is 0 Å². The van der Waals surface area contributed by atoms with E-state index in [0.717, 1.165) is 0 Å². The summed E-state index contributed by atoms with van der Waals surface area (Å²) in [7, 11) is 0. The molecule has 2 aliphatic carbocycles. The Bertz CT molecular complexity index is 390. The van der Waals surface area contributed by atoms with Gasteiger partial charge in [-0.1, -0.05) is 0 Å². The van der Waals surface area contributed by atoms with Crippen LogP contribution in [0.3, 0.4) is 0 Å². The van der Waals surface area contributed by atoms with E-state index >= 15 is 0 Å². The van der Waals surface area contributed by atoms with Crippen molar-refractivity contribution in [2.75, 3.05) is 0 Å². The Morgan fingerprint density at radius 1 is 0.882 bits per heavy atom. The van der Waals surface area contributed by atoms with Crippen LogP contribution in [0, 0.1) is 0 Å². The normalized spacial score (nSPS) is 20.0. The molecule has 17 heavy (non-hydrogen) atoms. The van der Waals surface area contributed by atoms with Crippen LogP contribution >= 0.6 is 0 Å². The van der Waals surface area contributed by atoms with E-state index in [1.54, 1.807) is 11.1 Å². The van der Waals surface area contributed by atoms with Crippen molar-refractivity contribution in [2.45, 2.75) is 48.8 Å². The van der Waals surface area contributed by atoms with Gasteiger partial charge in [0, 0.05) is 0 Å². The Morgan fingerprint density at radius 2 is 1.29 bits per heavy atom. The number of hydrogen-bond acceptors (Lipinski definition) is 0. The first-order chi connectivity index (χ1) is 8.11. The third kappa shape index (κ3) is 2.36. The van der Waals surface area contributed by atoms with E-state index < -0.39 is 20.3 Å². The molecule has 0 saturated heterocycles. The summed E-state index contributed by atoms with van der Waals surface area (Å²) in [5, 5.41) is 0. The zero-order valence-corrected chi connectivity index (χ0v) is 14.1. The molecule has 92 valence electrons. The van der Waals surface area contributed by atoms with Gasteiger partial charge in [0.25, 0.3) is 0 Å². The molecule has 0 atom stereocenters. The topological polar surface area (TPSA) is 0 Å². The second-order valence-electron chi connectivity index (χ2n) is 5.55. The van der Waals surface area contributed by atoms with Crippen LogP contribution < -0.4 is 0 Å². The molecular formula is C16H24Zr. The molecule has 0 nitrogen and oxygen atoms in total. The molecule has 0 fully saturated rings. The Labute approximate surface area is 111 Å². The molecule has 2 aliphatic rings. The molecule has 0 aromatic rings. The van der Waals surface area contributed by atoms with Crippen LogP contribution in [0.15, 0.2) is 42.0 Å². The molecule has 0 radical (unpaired) electrons. The fourth-order valence-corrected chi connectivity index (χ4v) is 12.5. The van der Waals surface area contributed by atoms with E-state index in [0.29, 0.717) is 0 Å². The van der Waals surface area contributed by atoms with E-state index in [1.165, 1.54) is 25.7 Å². The fraction of sp³-hybridized carbons (Fsp3) is 0.500. The van der Waals surface area contributed by atoms with Crippen LogP contribution in [0.1, 0.15) is 39.5 Å². The SMILES string of the molecule is CCC1=[C]([Zr]([CH3])([CH3])[C]2=C(CC)C=CC2)CC=C1. The molecule has 0 aromatic carbocycles. The van der Waals surface area contributed by atoms with Crippen molar-refractivity contribution in [3.63, 3.8) is 0 Å². The second-order valence-corrected chi connectivity index (χ2v) is 16.5. The van der Waals surface area contributed by atoms with E-state index in [2.05, 4.69) is 47.4 Å². The molecule has 0 N–H and O–H groups in total. The Kier molecular flexibility index (Phi) is 4.08. The first kappa shape index (κ1) is 13.3. The van der Waals surface area contributed by atoms with E-state index in [9.17, 15) is 0 Å². The van der Waals surface area contributed by atoms with Crippen LogP contribution in [0.4, 0.5) is 0 Å². The van der Waals surface area contributed by atoms with Gasteiger partial charge in [-0.2, -0.15) is 0 Å². The Morgan fingerprint density at radius 3 is 1.65 bits per heavy atom. The van der Waals surface area contributed by atoms with Crippen LogP contribution in [-0.4, -0.2) is 0 Å². The Balaban J connectivity index is 2.38. The van der Waals surface area contributed by atoms with Gasteiger partial charge in [0.05, 0.1) is 0 Å². The van der Waals surface area contributed by atoms with Crippen LogP contribution in [-0.2, 0) is 20.3 Å². The molecule has 0 heterocycles. The second kappa shape index (κ2) is 5.23. The molecule has 0 bridgehead atoms. The van der Waals surface area contributed by atoms with Crippen LogP contribution in [0.5, 0.6) is 0 Å². The summed E-state index contributed by atoms with van der Waals surface area (Å²) >= 11 is -2.20. The molecule has 0 unspecified atom stereocenters. The summed E-state index contributed by atoms with van der Waals surface area (Å²) in [6, 6.07) is 0. The zero-order chi connectivity index (χ0) is 12.5. The Hall–Kier alpha value is -0.157. The number of allylic oxidation sites excluding steroid dienone is 8. The van der Waals surface area contributed by atoms with Crippen molar-refractivity contribution in [2.24, 2.45) is 0 Å². The van der Waals surface area contributed by atoms with Gasteiger partial charge in [-0.15, -0.1) is 0 Å². The fourth-order valence-electron chi connectivity index (χ4n) is 3.26. The molecule has 0 aromatic heterocycles. The third-order valence-corrected chi connectivity index (χ3v) is 14.3. The summed E-state index contributed by atoms with van der Waals surface area (Å²) in [4.78, 5) is 0. The first-order valence-electron chi connectivity index (χ1n) is 6.89. The average molecular weight is 308 g/mol. The van der Waals surface area contributed by atoms with Crippen molar-refractivity contribution < 1.29 is 20.3 Å². The molecule has 0 spiro atoms. The van der Waals surface area contributed by atoms with Gasteiger partial charge in [-0.05, 0) is 0 Å². The van der Waals surface area contributed by atoms with E-state index in [-0.39, 0.29) is 0 Å². The molecular weight excluding hydrogens is 283 g/mol. The number of hydrogen-bond donors (Lipinski definition) is 0. The molecule has 2 rings (SSSR count). The predicted molar refractivity (Wildman–Crippen MR) is 73.9 cm³/mol. The van der Waals surface area contributed by atoms with Crippen molar-refractivity contribution in [1.82, 2.24) is 0 Å². The summed E-state index contributed by atoms with van der Waals surface area (Å²) in [5.74, 6) is 0. The number of rotatable bonds is 4. The van der Waals surface area contributed by atoms with E-state index in [4.69, 9.17) is 0 Å². The van der Waals surface area contributed by atoms with Gasteiger partial charge in [0.1, 0.15) is 0 Å². The van der Waals surface area contributed by atoms with Gasteiger partial charge in [-0.25, -0.2) is 0 Å². The van der Waals surface area contributed by atoms with Crippen molar-refractivity contribution >= 4 is 0 Å². The van der Waals surface area contributed by atoms with Gasteiger partial charge < -0.3 is 0 Å². The molecule has 0 saturated carbocycles. The van der Waals surface area contributed by atoms with Gasteiger partial charge in [0.2, 0.25) is 0 Å². The predicted octanol–water partition coefficient (Wildman–Crippen LogP) is 5.48. The molecule has 1 heteroatoms. The van der Waals surface area contributed by atoms with Crippen LogP contribution in [0.2, 0.25) is 9.26 Å². The average Bonchev–Trinajstić information content (AvgIpc) is 2.97.